The number of hydrogen-bond acceptors (Lipinski definition) is 4. The van der Waals surface area contributed by atoms with E-state index < -0.39 is 0 Å². The molecular formula is C68H50N4O. The van der Waals surface area contributed by atoms with Gasteiger partial charge in [0.05, 0.1) is 11.0 Å². The van der Waals surface area contributed by atoms with Gasteiger partial charge in [0, 0.05) is 43.7 Å². The van der Waals surface area contributed by atoms with Gasteiger partial charge in [-0.2, -0.15) is 9.97 Å². The van der Waals surface area contributed by atoms with Gasteiger partial charge in [-0.3, -0.25) is 4.57 Å². The van der Waals surface area contributed by atoms with Crippen molar-refractivity contribution < 1.29 is 4.42 Å². The Labute approximate surface area is 424 Å². The van der Waals surface area contributed by atoms with Crippen LogP contribution in [0.25, 0.3) is 128 Å². The fraction of sp³-hybridized carbons (Fsp3) is 0.0735. The molecule has 1 aliphatic carbocycles. The monoisotopic (exact) mass is 938 g/mol. The summed E-state index contributed by atoms with van der Waals surface area (Å²) in [5, 5.41) is 4.35. The number of fused-ring (bicyclic) bond motifs is 9. The van der Waals surface area contributed by atoms with Crippen molar-refractivity contribution >= 4 is 43.7 Å². The third kappa shape index (κ3) is 7.35. The molecule has 0 atom stereocenters. The van der Waals surface area contributed by atoms with E-state index in [1.165, 1.54) is 33.4 Å². The average molecular weight is 939 g/mol. The highest BCUT2D eigenvalue weighted by molar-refractivity contribution is 6.15. The van der Waals surface area contributed by atoms with Crippen LogP contribution in [0.4, 0.5) is 0 Å². The van der Waals surface area contributed by atoms with Gasteiger partial charge in [-0.05, 0) is 116 Å². The summed E-state index contributed by atoms with van der Waals surface area (Å²) < 4.78 is 8.63. The molecule has 348 valence electrons. The molecule has 0 aliphatic heterocycles. The predicted molar refractivity (Wildman–Crippen MR) is 303 cm³/mol. The lowest BCUT2D eigenvalue weighted by Gasteiger charge is -2.21. The Morgan fingerprint density at radius 2 is 0.890 bits per heavy atom. The number of hydrogen-bond donors (Lipinski definition) is 0. The maximum Gasteiger partial charge on any atom is 0.238 e. The van der Waals surface area contributed by atoms with Crippen LogP contribution < -0.4 is 0 Å². The van der Waals surface area contributed by atoms with Gasteiger partial charge in [-0.1, -0.05) is 204 Å². The van der Waals surface area contributed by atoms with Crippen LogP contribution in [-0.2, 0) is 5.41 Å². The molecule has 3 aromatic heterocycles. The standard InChI is InChI=1S/C66H44N4O.C2H6/c1-66(2)57-28-12-9-25-50(57)55-37-46(32-34-58(55)66)44-22-15-21-43(35-44)45-23-16-24-47(36-45)54-38-49(41-17-5-3-6-18-41)39-56-51-26-10-13-29-59(51)70(62(54)56)65-68-63(42-19-7-4-8-20-42)67-64(69-65)48-31-33-53-52-27-11-14-30-60(52)71-61(53)40-48;1-2/h3-40H,1-2H3;1-2H3. The van der Waals surface area contributed by atoms with Crippen molar-refractivity contribution in [3.05, 3.63) is 242 Å². The molecule has 1 aliphatic rings. The van der Waals surface area contributed by atoms with Crippen LogP contribution in [0.3, 0.4) is 0 Å². The first-order chi connectivity index (χ1) is 35.9. The highest BCUT2D eigenvalue weighted by atomic mass is 16.3. The molecule has 73 heavy (non-hydrogen) atoms. The molecule has 0 amide bonds. The second kappa shape index (κ2) is 17.6. The van der Waals surface area contributed by atoms with E-state index in [2.05, 4.69) is 213 Å². The number of para-hydroxylation sites is 2. The maximum absolute atomic E-state index is 6.39. The lowest BCUT2D eigenvalue weighted by molar-refractivity contribution is 0.660. The number of rotatable bonds is 7. The van der Waals surface area contributed by atoms with Crippen molar-refractivity contribution in [1.29, 1.82) is 0 Å². The van der Waals surface area contributed by atoms with Crippen molar-refractivity contribution in [2.24, 2.45) is 0 Å². The molecule has 0 bridgehead atoms. The zero-order valence-electron chi connectivity index (χ0n) is 41.1. The Balaban J connectivity index is 0.00000255. The minimum Gasteiger partial charge on any atom is -0.456 e. The molecule has 5 heteroatoms. The van der Waals surface area contributed by atoms with Gasteiger partial charge in [0.1, 0.15) is 11.2 Å². The van der Waals surface area contributed by atoms with Gasteiger partial charge in [-0.15, -0.1) is 0 Å². The van der Waals surface area contributed by atoms with Gasteiger partial charge in [0.2, 0.25) is 5.95 Å². The predicted octanol–water partition coefficient (Wildman–Crippen LogP) is 18.2. The van der Waals surface area contributed by atoms with Gasteiger partial charge < -0.3 is 4.42 Å². The van der Waals surface area contributed by atoms with E-state index in [1.807, 2.05) is 50.2 Å². The Hall–Kier alpha value is -9.19. The molecule has 5 nitrogen and oxygen atoms in total. The summed E-state index contributed by atoms with van der Waals surface area (Å²) in [6.07, 6.45) is 0. The van der Waals surface area contributed by atoms with E-state index >= 15 is 0 Å². The molecule has 0 saturated carbocycles. The quantitative estimate of drug-likeness (QED) is 0.160. The zero-order valence-corrected chi connectivity index (χ0v) is 41.1. The molecule has 13 aromatic rings. The van der Waals surface area contributed by atoms with Crippen LogP contribution >= 0.6 is 0 Å². The van der Waals surface area contributed by atoms with Crippen LogP contribution in [0, 0.1) is 0 Å². The molecule has 3 heterocycles. The summed E-state index contributed by atoms with van der Waals surface area (Å²) in [6, 6.07) is 82.3. The minimum absolute atomic E-state index is 0.0389. The normalized spacial score (nSPS) is 12.5. The van der Waals surface area contributed by atoms with E-state index in [0.29, 0.717) is 17.6 Å². The first-order valence-electron chi connectivity index (χ1n) is 25.2. The summed E-state index contributed by atoms with van der Waals surface area (Å²) in [6.45, 7) is 8.67. The lowest BCUT2D eigenvalue weighted by atomic mass is 9.82. The summed E-state index contributed by atoms with van der Waals surface area (Å²) in [4.78, 5) is 15.9. The average Bonchev–Trinajstić information content (AvgIpc) is 4.08. The first-order valence-corrected chi connectivity index (χ1v) is 25.2. The highest BCUT2D eigenvalue weighted by Gasteiger charge is 2.35. The van der Waals surface area contributed by atoms with E-state index in [9.17, 15) is 0 Å². The third-order valence-electron chi connectivity index (χ3n) is 14.7. The fourth-order valence-corrected chi connectivity index (χ4v) is 11.1. The van der Waals surface area contributed by atoms with Crippen molar-refractivity contribution in [2.45, 2.75) is 33.1 Å². The molecular weight excluding hydrogens is 889 g/mol. The fourth-order valence-electron chi connectivity index (χ4n) is 11.1. The molecule has 0 saturated heterocycles. The van der Waals surface area contributed by atoms with E-state index in [1.54, 1.807) is 0 Å². The van der Waals surface area contributed by atoms with Crippen LogP contribution in [0.15, 0.2) is 235 Å². The lowest BCUT2D eigenvalue weighted by Crippen LogP contribution is -2.14. The first kappa shape index (κ1) is 43.8. The summed E-state index contributed by atoms with van der Waals surface area (Å²) in [5.41, 5.74) is 19.9. The molecule has 0 spiro atoms. The second-order valence-corrected chi connectivity index (χ2v) is 19.2. The van der Waals surface area contributed by atoms with E-state index in [4.69, 9.17) is 19.4 Å². The van der Waals surface area contributed by atoms with E-state index in [-0.39, 0.29) is 5.41 Å². The molecule has 0 N–H and O–H groups in total. The van der Waals surface area contributed by atoms with E-state index in [0.717, 1.165) is 88.3 Å². The third-order valence-corrected chi connectivity index (χ3v) is 14.7. The molecule has 14 rings (SSSR count). The number of furan rings is 1. The number of aromatic nitrogens is 4. The SMILES string of the molecule is CC.CC1(C)c2ccccc2-c2cc(-c3cccc(-c4cccc(-c5cc(-c6ccccc6)cc6c7ccccc7n(-c7nc(-c8ccccc8)nc(-c8ccc9c(c8)oc8ccccc89)n7)c56)c4)c3)ccc21. The topological polar surface area (TPSA) is 56.7 Å². The second-order valence-electron chi connectivity index (χ2n) is 19.2. The summed E-state index contributed by atoms with van der Waals surface area (Å²) in [5.74, 6) is 1.67. The molecule has 0 radical (unpaired) electrons. The van der Waals surface area contributed by atoms with Gasteiger partial charge in [0.15, 0.2) is 11.6 Å². The van der Waals surface area contributed by atoms with Crippen LogP contribution in [0.2, 0.25) is 0 Å². The maximum atomic E-state index is 6.39. The van der Waals surface area contributed by atoms with Gasteiger partial charge >= 0.3 is 0 Å². The largest absolute Gasteiger partial charge is 0.456 e. The Kier molecular flexibility index (Phi) is 10.6. The Bertz CT molecular complexity index is 4260. The van der Waals surface area contributed by atoms with Crippen molar-refractivity contribution in [3.8, 4) is 84.4 Å². The smallest absolute Gasteiger partial charge is 0.238 e. The zero-order chi connectivity index (χ0) is 49.2. The van der Waals surface area contributed by atoms with Gasteiger partial charge in [-0.25, -0.2) is 4.98 Å². The highest BCUT2D eigenvalue weighted by Crippen LogP contribution is 2.50. The minimum atomic E-state index is -0.0389. The van der Waals surface area contributed by atoms with Crippen LogP contribution in [-0.4, -0.2) is 19.5 Å². The van der Waals surface area contributed by atoms with Gasteiger partial charge in [0.25, 0.3) is 0 Å². The Morgan fingerprint density at radius 3 is 1.66 bits per heavy atom. The Morgan fingerprint density at radius 1 is 0.342 bits per heavy atom. The summed E-state index contributed by atoms with van der Waals surface area (Å²) in [7, 11) is 0. The molecule has 10 aromatic carbocycles. The van der Waals surface area contributed by atoms with Crippen molar-refractivity contribution in [1.82, 2.24) is 19.5 Å². The van der Waals surface area contributed by atoms with Crippen molar-refractivity contribution in [2.75, 3.05) is 0 Å². The van der Waals surface area contributed by atoms with Crippen molar-refractivity contribution in [3.63, 3.8) is 0 Å². The van der Waals surface area contributed by atoms with Crippen LogP contribution in [0.1, 0.15) is 38.8 Å². The molecule has 0 unspecified atom stereocenters. The number of benzene rings is 10. The molecule has 0 fully saturated rings. The summed E-state index contributed by atoms with van der Waals surface area (Å²) >= 11 is 0. The van der Waals surface area contributed by atoms with Crippen LogP contribution in [0.5, 0.6) is 0 Å². The number of nitrogens with zero attached hydrogens (tertiary/aromatic N) is 4.